The summed E-state index contributed by atoms with van der Waals surface area (Å²) < 4.78 is 32.1. The minimum atomic E-state index is -3.71. The van der Waals surface area contributed by atoms with Crippen molar-refractivity contribution in [1.82, 2.24) is 9.71 Å². The molecule has 0 atom stereocenters. The summed E-state index contributed by atoms with van der Waals surface area (Å²) in [5.41, 5.74) is 0.00945. The zero-order valence-electron chi connectivity index (χ0n) is 9.58. The van der Waals surface area contributed by atoms with Crippen LogP contribution in [0.4, 0.5) is 5.69 Å². The van der Waals surface area contributed by atoms with Crippen molar-refractivity contribution in [3.8, 4) is 0 Å². The summed E-state index contributed by atoms with van der Waals surface area (Å²) in [6, 6.07) is 2.52. The van der Waals surface area contributed by atoms with Gasteiger partial charge in [-0.1, -0.05) is 0 Å². The summed E-state index contributed by atoms with van der Waals surface area (Å²) in [5.74, 6) is -1.18. The number of methoxy groups -OCH3 is 1. The predicted molar refractivity (Wildman–Crippen MR) is 63.6 cm³/mol. The summed E-state index contributed by atoms with van der Waals surface area (Å²) >= 11 is 0. The first-order chi connectivity index (χ1) is 8.44. The van der Waals surface area contributed by atoms with Crippen molar-refractivity contribution in [2.75, 3.05) is 25.0 Å². The number of aromatic nitrogens is 1. The van der Waals surface area contributed by atoms with Crippen LogP contribution in [0.25, 0.3) is 0 Å². The van der Waals surface area contributed by atoms with Gasteiger partial charge in [-0.25, -0.2) is 9.78 Å². The Morgan fingerprint density at radius 2 is 2.22 bits per heavy atom. The Hall–Kier alpha value is -1.71. The van der Waals surface area contributed by atoms with Crippen molar-refractivity contribution in [3.63, 3.8) is 0 Å². The van der Waals surface area contributed by atoms with Gasteiger partial charge in [0.25, 0.3) is 10.2 Å². The third-order valence-electron chi connectivity index (χ3n) is 1.83. The van der Waals surface area contributed by atoms with Crippen molar-refractivity contribution in [1.29, 1.82) is 0 Å². The van der Waals surface area contributed by atoms with Gasteiger partial charge in [-0.15, -0.1) is 0 Å². The lowest BCUT2D eigenvalue weighted by Gasteiger charge is -2.08. The summed E-state index contributed by atoms with van der Waals surface area (Å²) in [7, 11) is -2.25. The Kier molecular flexibility index (Phi) is 5.01. The molecule has 0 saturated heterocycles. The van der Waals surface area contributed by atoms with Gasteiger partial charge in [0.2, 0.25) is 0 Å². The van der Waals surface area contributed by atoms with E-state index in [1.807, 2.05) is 0 Å². The van der Waals surface area contributed by atoms with Crippen LogP contribution in [0.1, 0.15) is 10.5 Å². The van der Waals surface area contributed by atoms with E-state index < -0.39 is 16.2 Å². The van der Waals surface area contributed by atoms with E-state index in [4.69, 9.17) is 9.84 Å². The highest BCUT2D eigenvalue weighted by Gasteiger charge is 2.10. The Morgan fingerprint density at radius 1 is 1.50 bits per heavy atom. The fourth-order valence-corrected chi connectivity index (χ4v) is 1.91. The highest BCUT2D eigenvalue weighted by Crippen LogP contribution is 2.07. The molecule has 0 aromatic carbocycles. The first-order valence-corrected chi connectivity index (χ1v) is 6.38. The topological polar surface area (TPSA) is 118 Å². The second-order valence-electron chi connectivity index (χ2n) is 3.23. The molecule has 100 valence electrons. The van der Waals surface area contributed by atoms with Crippen molar-refractivity contribution in [2.24, 2.45) is 0 Å². The van der Waals surface area contributed by atoms with Crippen molar-refractivity contribution < 1.29 is 23.1 Å². The first kappa shape index (κ1) is 14.4. The van der Waals surface area contributed by atoms with E-state index >= 15 is 0 Å². The monoisotopic (exact) mass is 275 g/mol. The third kappa shape index (κ3) is 4.65. The maximum atomic E-state index is 11.5. The normalized spacial score (nSPS) is 11.2. The number of carboxylic acid groups (broad SMARTS) is 1. The number of carbonyl (C=O) groups is 1. The lowest BCUT2D eigenvalue weighted by Crippen LogP contribution is -2.32. The molecule has 0 unspecified atom stereocenters. The lowest BCUT2D eigenvalue weighted by atomic mass is 10.3. The van der Waals surface area contributed by atoms with Gasteiger partial charge < -0.3 is 9.84 Å². The smallest absolute Gasteiger partial charge is 0.354 e. The highest BCUT2D eigenvalue weighted by molar-refractivity contribution is 7.90. The van der Waals surface area contributed by atoms with Gasteiger partial charge in [-0.2, -0.15) is 13.1 Å². The third-order valence-corrected chi connectivity index (χ3v) is 2.92. The molecule has 8 nitrogen and oxygen atoms in total. The number of hydrogen-bond donors (Lipinski definition) is 3. The molecule has 1 heterocycles. The maximum absolute atomic E-state index is 11.5. The highest BCUT2D eigenvalue weighted by atomic mass is 32.2. The molecule has 0 saturated carbocycles. The number of pyridine rings is 1. The van der Waals surface area contributed by atoms with Gasteiger partial charge in [0.1, 0.15) is 5.69 Å². The molecule has 1 aromatic heterocycles. The fraction of sp³-hybridized carbons (Fsp3) is 0.333. The van der Waals surface area contributed by atoms with Crippen LogP contribution in [-0.2, 0) is 14.9 Å². The molecule has 9 heteroatoms. The van der Waals surface area contributed by atoms with Crippen LogP contribution in [-0.4, -0.2) is 44.7 Å². The number of aromatic carboxylic acids is 1. The van der Waals surface area contributed by atoms with E-state index in [1.54, 1.807) is 0 Å². The second kappa shape index (κ2) is 6.28. The van der Waals surface area contributed by atoms with E-state index in [2.05, 4.69) is 14.4 Å². The van der Waals surface area contributed by atoms with Crippen LogP contribution in [0.3, 0.4) is 0 Å². The Balaban J connectivity index is 2.63. The zero-order chi connectivity index (χ0) is 13.6. The van der Waals surface area contributed by atoms with E-state index in [0.717, 1.165) is 6.20 Å². The Morgan fingerprint density at radius 3 is 2.72 bits per heavy atom. The minimum absolute atomic E-state index is 0.131. The van der Waals surface area contributed by atoms with E-state index in [-0.39, 0.29) is 24.5 Å². The van der Waals surface area contributed by atoms with Crippen LogP contribution >= 0.6 is 0 Å². The number of ether oxygens (including phenoxy) is 1. The Labute approximate surface area is 104 Å². The van der Waals surface area contributed by atoms with Gasteiger partial charge in [0.05, 0.1) is 18.5 Å². The summed E-state index contributed by atoms with van der Waals surface area (Å²) in [6.07, 6.45) is 1.12. The molecule has 0 aliphatic heterocycles. The van der Waals surface area contributed by atoms with Crippen molar-refractivity contribution >= 4 is 21.9 Å². The molecule has 1 rings (SSSR count). The van der Waals surface area contributed by atoms with Crippen molar-refractivity contribution in [2.45, 2.75) is 0 Å². The zero-order valence-corrected chi connectivity index (χ0v) is 10.4. The van der Waals surface area contributed by atoms with E-state index in [1.165, 1.54) is 19.2 Å². The molecule has 0 aliphatic rings. The predicted octanol–water partition coefficient (Wildman–Crippen LogP) is -0.327. The molecule has 3 N–H and O–H groups in total. The molecular weight excluding hydrogens is 262 g/mol. The quantitative estimate of drug-likeness (QED) is 0.587. The second-order valence-corrected chi connectivity index (χ2v) is 4.73. The summed E-state index contributed by atoms with van der Waals surface area (Å²) in [4.78, 5) is 14.1. The van der Waals surface area contributed by atoms with Crippen LogP contribution < -0.4 is 9.44 Å². The van der Waals surface area contributed by atoms with E-state index in [0.29, 0.717) is 0 Å². The van der Waals surface area contributed by atoms with Crippen LogP contribution in [0.15, 0.2) is 18.3 Å². The number of rotatable bonds is 7. The fourth-order valence-electron chi connectivity index (χ4n) is 1.05. The maximum Gasteiger partial charge on any atom is 0.354 e. The van der Waals surface area contributed by atoms with Gasteiger partial charge >= 0.3 is 5.97 Å². The number of hydrogen-bond acceptors (Lipinski definition) is 5. The van der Waals surface area contributed by atoms with Crippen LogP contribution in [0.2, 0.25) is 0 Å². The average molecular weight is 275 g/mol. The summed E-state index contributed by atoms with van der Waals surface area (Å²) in [5, 5.41) is 8.62. The molecule has 0 aliphatic carbocycles. The molecule has 0 bridgehead atoms. The molecule has 0 fully saturated rings. The SMILES string of the molecule is COCCNS(=O)(=O)Nc1ccc(C(=O)O)nc1. The van der Waals surface area contributed by atoms with Crippen LogP contribution in [0.5, 0.6) is 0 Å². The lowest BCUT2D eigenvalue weighted by molar-refractivity contribution is 0.0690. The molecule has 0 amide bonds. The summed E-state index contributed by atoms with van der Waals surface area (Å²) in [6.45, 7) is 0.379. The van der Waals surface area contributed by atoms with Gasteiger partial charge in [-0.05, 0) is 12.1 Å². The van der Waals surface area contributed by atoms with E-state index in [9.17, 15) is 13.2 Å². The standard InChI is InChI=1S/C9H13N3O5S/c1-17-5-4-11-18(15,16)12-7-2-3-8(9(13)14)10-6-7/h2-3,6,11-12H,4-5H2,1H3,(H,13,14). The number of nitrogens with zero attached hydrogens (tertiary/aromatic N) is 1. The average Bonchev–Trinajstić information content (AvgIpc) is 2.29. The molecular formula is C9H13N3O5S. The van der Waals surface area contributed by atoms with Gasteiger partial charge in [0.15, 0.2) is 0 Å². The molecule has 18 heavy (non-hydrogen) atoms. The molecule has 0 spiro atoms. The van der Waals surface area contributed by atoms with Gasteiger partial charge in [-0.3, -0.25) is 4.72 Å². The van der Waals surface area contributed by atoms with Crippen molar-refractivity contribution in [3.05, 3.63) is 24.0 Å². The number of carboxylic acids is 1. The molecule has 0 radical (unpaired) electrons. The number of anilines is 1. The Bertz CT molecular complexity index is 499. The number of nitrogens with one attached hydrogen (secondary N) is 2. The largest absolute Gasteiger partial charge is 0.477 e. The van der Waals surface area contributed by atoms with Crippen LogP contribution in [0, 0.1) is 0 Å². The van der Waals surface area contributed by atoms with Gasteiger partial charge in [0, 0.05) is 13.7 Å². The first-order valence-electron chi connectivity index (χ1n) is 4.90. The molecule has 1 aromatic rings. The minimum Gasteiger partial charge on any atom is -0.477 e.